The fourth-order valence-corrected chi connectivity index (χ4v) is 5.73. The van der Waals surface area contributed by atoms with Crippen molar-refractivity contribution in [2.24, 2.45) is 11.8 Å². The second kappa shape index (κ2) is 8.60. The number of nitrogens with zero attached hydrogens (tertiary/aromatic N) is 1. The van der Waals surface area contributed by atoms with Gasteiger partial charge in [0.2, 0.25) is 10.0 Å². The number of sulfonamides is 1. The molecule has 1 N–H and O–H groups in total. The van der Waals surface area contributed by atoms with Gasteiger partial charge in [-0.1, -0.05) is 37.0 Å². The number of hydrogen-bond acceptors (Lipinski definition) is 3. The zero-order valence-electron chi connectivity index (χ0n) is 16.0. The van der Waals surface area contributed by atoms with E-state index in [0.29, 0.717) is 18.1 Å². The number of nitrogens with one attached hydrogen (secondary N) is 1. The zero-order chi connectivity index (χ0) is 21.3. The van der Waals surface area contributed by atoms with Crippen LogP contribution in [0.4, 0.5) is 10.1 Å². The summed E-state index contributed by atoms with van der Waals surface area (Å²) in [5.41, 5.74) is -0.136. The van der Waals surface area contributed by atoms with Crippen molar-refractivity contribution in [3.8, 4) is 0 Å². The number of amides is 1. The lowest BCUT2D eigenvalue weighted by Crippen LogP contribution is -2.42. The predicted octanol–water partition coefficient (Wildman–Crippen LogP) is 5.05. The molecule has 0 aromatic heterocycles. The van der Waals surface area contributed by atoms with Crippen LogP contribution in [-0.2, 0) is 10.0 Å². The fourth-order valence-electron chi connectivity index (χ4n) is 3.57. The maximum Gasteiger partial charge on any atom is 0.258 e. The van der Waals surface area contributed by atoms with Gasteiger partial charge in [-0.15, -0.1) is 0 Å². The lowest BCUT2D eigenvalue weighted by atomic mass is 9.94. The Kier molecular flexibility index (Phi) is 6.53. The van der Waals surface area contributed by atoms with Crippen LogP contribution in [0.2, 0.25) is 10.0 Å². The fraction of sp³-hybridized carbons (Fsp3) is 0.350. The normalized spacial score (nSPS) is 20.4. The summed E-state index contributed by atoms with van der Waals surface area (Å²) in [5, 5.41) is 3.06. The lowest BCUT2D eigenvalue weighted by molar-refractivity contribution is 0.102. The third-order valence-corrected chi connectivity index (χ3v) is 7.21. The van der Waals surface area contributed by atoms with Gasteiger partial charge >= 0.3 is 0 Å². The highest BCUT2D eigenvalue weighted by atomic mass is 35.5. The summed E-state index contributed by atoms with van der Waals surface area (Å²) in [4.78, 5) is 12.5. The summed E-state index contributed by atoms with van der Waals surface area (Å²) in [6.45, 7) is 4.78. The van der Waals surface area contributed by atoms with Crippen molar-refractivity contribution in [3.05, 3.63) is 57.8 Å². The molecule has 0 aliphatic carbocycles. The second-order valence-corrected chi connectivity index (χ2v) is 10.3. The first-order chi connectivity index (χ1) is 13.6. The molecule has 0 bridgehead atoms. The zero-order valence-corrected chi connectivity index (χ0v) is 18.3. The van der Waals surface area contributed by atoms with Crippen LogP contribution in [0.15, 0.2) is 41.3 Å². The first-order valence-electron chi connectivity index (χ1n) is 9.14. The Morgan fingerprint density at radius 2 is 1.76 bits per heavy atom. The van der Waals surface area contributed by atoms with Gasteiger partial charge in [0.25, 0.3) is 5.91 Å². The first kappa shape index (κ1) is 22.0. The maximum atomic E-state index is 14.3. The summed E-state index contributed by atoms with van der Waals surface area (Å²) in [6, 6.07) is 7.68. The molecular weight excluding hydrogens is 438 g/mol. The van der Waals surface area contributed by atoms with E-state index in [1.807, 2.05) is 13.8 Å². The van der Waals surface area contributed by atoms with Crippen molar-refractivity contribution in [3.63, 3.8) is 0 Å². The van der Waals surface area contributed by atoms with Gasteiger partial charge in [-0.3, -0.25) is 4.79 Å². The van der Waals surface area contributed by atoms with Gasteiger partial charge < -0.3 is 5.32 Å². The molecule has 2 aromatic carbocycles. The lowest BCUT2D eigenvalue weighted by Gasteiger charge is -2.34. The van der Waals surface area contributed by atoms with Crippen molar-refractivity contribution in [1.82, 2.24) is 4.31 Å². The van der Waals surface area contributed by atoms with Gasteiger partial charge in [0.15, 0.2) is 0 Å². The van der Waals surface area contributed by atoms with Crippen LogP contribution in [-0.4, -0.2) is 31.7 Å². The third-order valence-electron chi connectivity index (χ3n) is 4.83. The van der Waals surface area contributed by atoms with Crippen LogP contribution in [0.5, 0.6) is 0 Å². The van der Waals surface area contributed by atoms with E-state index in [9.17, 15) is 17.6 Å². The van der Waals surface area contributed by atoms with Crippen LogP contribution >= 0.6 is 23.2 Å². The molecule has 5 nitrogen and oxygen atoms in total. The van der Waals surface area contributed by atoms with Crippen molar-refractivity contribution in [1.29, 1.82) is 0 Å². The van der Waals surface area contributed by atoms with E-state index in [2.05, 4.69) is 5.32 Å². The van der Waals surface area contributed by atoms with Crippen molar-refractivity contribution in [2.75, 3.05) is 18.4 Å². The van der Waals surface area contributed by atoms with Crippen LogP contribution in [0, 0.1) is 17.7 Å². The van der Waals surface area contributed by atoms with E-state index in [1.165, 1.54) is 28.6 Å². The Balaban J connectivity index is 1.90. The van der Waals surface area contributed by atoms with Gasteiger partial charge in [0.1, 0.15) is 5.82 Å². The second-order valence-electron chi connectivity index (χ2n) is 7.49. The molecule has 1 amide bonds. The highest BCUT2D eigenvalue weighted by Crippen LogP contribution is 2.29. The van der Waals surface area contributed by atoms with Gasteiger partial charge in [0, 0.05) is 18.1 Å². The van der Waals surface area contributed by atoms with E-state index in [1.54, 1.807) is 0 Å². The first-order valence-corrected chi connectivity index (χ1v) is 11.3. The predicted molar refractivity (Wildman–Crippen MR) is 113 cm³/mol. The summed E-state index contributed by atoms with van der Waals surface area (Å²) in [5.74, 6) is -1.18. The van der Waals surface area contributed by atoms with Gasteiger partial charge in [-0.25, -0.2) is 12.8 Å². The van der Waals surface area contributed by atoms with Gasteiger partial charge in [-0.2, -0.15) is 4.31 Å². The van der Waals surface area contributed by atoms with Crippen molar-refractivity contribution >= 4 is 44.8 Å². The molecular formula is C20H21Cl2FN2O3S. The number of hydrogen-bond donors (Lipinski definition) is 1. The van der Waals surface area contributed by atoms with E-state index in [-0.39, 0.29) is 33.0 Å². The van der Waals surface area contributed by atoms with Crippen LogP contribution < -0.4 is 5.32 Å². The highest BCUT2D eigenvalue weighted by Gasteiger charge is 2.32. The molecule has 0 unspecified atom stereocenters. The molecule has 1 fully saturated rings. The maximum absolute atomic E-state index is 14.3. The standard InChI is InChI=1S/C20H21Cl2FN2O3S/c1-12-7-13(2)11-25(10-12)29(27,28)15-4-5-18(23)16(9-15)20(26)24-19-6-3-14(21)8-17(19)22/h3-6,8-9,12-13H,7,10-11H2,1-2H3,(H,24,26)/t12-,13-/m1/s1. The molecule has 2 atom stereocenters. The summed E-state index contributed by atoms with van der Waals surface area (Å²) < 4.78 is 41.8. The molecule has 2 aromatic rings. The summed E-state index contributed by atoms with van der Waals surface area (Å²) in [7, 11) is -3.84. The molecule has 29 heavy (non-hydrogen) atoms. The van der Waals surface area contributed by atoms with E-state index in [0.717, 1.165) is 18.6 Å². The monoisotopic (exact) mass is 458 g/mol. The van der Waals surface area contributed by atoms with Gasteiger partial charge in [0.05, 0.1) is 21.2 Å². The number of piperidine rings is 1. The number of carbonyl (C=O) groups is 1. The number of carbonyl (C=O) groups excluding carboxylic acids is 1. The molecule has 1 heterocycles. The Labute approximate surface area is 179 Å². The number of benzene rings is 2. The quantitative estimate of drug-likeness (QED) is 0.696. The number of anilines is 1. The highest BCUT2D eigenvalue weighted by molar-refractivity contribution is 7.89. The van der Waals surface area contributed by atoms with Crippen molar-refractivity contribution in [2.45, 2.75) is 25.2 Å². The number of rotatable bonds is 4. The summed E-state index contributed by atoms with van der Waals surface area (Å²) >= 11 is 11.9. The minimum atomic E-state index is -3.84. The molecule has 1 saturated heterocycles. The Bertz CT molecular complexity index is 1040. The molecule has 0 radical (unpaired) electrons. The average Bonchev–Trinajstić information content (AvgIpc) is 2.63. The Morgan fingerprint density at radius 1 is 1.10 bits per heavy atom. The SMILES string of the molecule is C[C@@H]1C[C@@H](C)CN(S(=O)(=O)c2ccc(F)c(C(=O)Nc3ccc(Cl)cc3Cl)c2)C1. The van der Waals surface area contributed by atoms with E-state index in [4.69, 9.17) is 23.2 Å². The van der Waals surface area contributed by atoms with E-state index >= 15 is 0 Å². The van der Waals surface area contributed by atoms with Gasteiger partial charge in [-0.05, 0) is 54.7 Å². The molecule has 1 aliphatic heterocycles. The molecule has 9 heteroatoms. The van der Waals surface area contributed by atoms with Crippen LogP contribution in [0.25, 0.3) is 0 Å². The topological polar surface area (TPSA) is 66.5 Å². The smallest absolute Gasteiger partial charge is 0.258 e. The van der Waals surface area contributed by atoms with Crippen LogP contribution in [0.1, 0.15) is 30.6 Å². The summed E-state index contributed by atoms with van der Waals surface area (Å²) in [6.07, 6.45) is 0.949. The average molecular weight is 459 g/mol. The van der Waals surface area contributed by atoms with E-state index < -0.39 is 21.7 Å². The molecule has 1 aliphatic rings. The molecule has 0 saturated carbocycles. The minimum Gasteiger partial charge on any atom is -0.321 e. The number of halogens is 3. The third kappa shape index (κ3) is 4.91. The van der Waals surface area contributed by atoms with Crippen LogP contribution in [0.3, 0.4) is 0 Å². The largest absolute Gasteiger partial charge is 0.321 e. The minimum absolute atomic E-state index is 0.118. The molecule has 156 valence electrons. The Morgan fingerprint density at radius 3 is 2.38 bits per heavy atom. The Hall–Kier alpha value is -1.67. The molecule has 0 spiro atoms. The van der Waals surface area contributed by atoms with Crippen molar-refractivity contribution < 1.29 is 17.6 Å². The molecule has 3 rings (SSSR count).